The first-order valence-corrected chi connectivity index (χ1v) is 7.31. The van der Waals surface area contributed by atoms with Crippen LogP contribution in [0.2, 0.25) is 0 Å². The number of furan rings is 1. The first-order valence-electron chi connectivity index (χ1n) is 7.31. The van der Waals surface area contributed by atoms with Crippen LogP contribution in [0.25, 0.3) is 0 Å². The van der Waals surface area contributed by atoms with E-state index in [1.165, 1.54) is 6.26 Å². The van der Waals surface area contributed by atoms with Gasteiger partial charge >= 0.3 is 0 Å². The first kappa shape index (κ1) is 14.7. The van der Waals surface area contributed by atoms with Gasteiger partial charge in [-0.25, -0.2) is 0 Å². The number of methoxy groups -OCH3 is 1. The molecule has 22 heavy (non-hydrogen) atoms. The highest BCUT2D eigenvalue weighted by Gasteiger charge is 2.44. The Balaban J connectivity index is 1.62. The number of hydrogen-bond donors (Lipinski definition) is 2. The molecule has 1 aliphatic carbocycles. The molecule has 1 amide bonds. The van der Waals surface area contributed by atoms with E-state index in [1.807, 2.05) is 24.3 Å². The van der Waals surface area contributed by atoms with Gasteiger partial charge in [-0.05, 0) is 42.2 Å². The number of nitrogens with one attached hydrogen (secondary N) is 1. The van der Waals surface area contributed by atoms with Crippen molar-refractivity contribution in [1.82, 2.24) is 5.32 Å². The lowest BCUT2D eigenvalue weighted by atomic mass is 10.1. The minimum Gasteiger partial charge on any atom is -0.497 e. The molecule has 3 rings (SSSR count). The third-order valence-corrected chi connectivity index (χ3v) is 4.03. The maximum atomic E-state index is 12.3. The van der Waals surface area contributed by atoms with Crippen molar-refractivity contribution in [3.05, 3.63) is 54.0 Å². The molecule has 0 spiro atoms. The number of ether oxygens (including phenoxy) is 1. The number of benzene rings is 1. The van der Waals surface area contributed by atoms with Crippen LogP contribution in [-0.4, -0.2) is 24.7 Å². The number of aliphatic hydroxyl groups excluding tert-OH is 1. The van der Waals surface area contributed by atoms with Crippen LogP contribution in [0.4, 0.5) is 0 Å². The van der Waals surface area contributed by atoms with Crippen molar-refractivity contribution in [2.75, 3.05) is 13.7 Å². The average molecular weight is 301 g/mol. The number of aliphatic hydroxyl groups is 1. The summed E-state index contributed by atoms with van der Waals surface area (Å²) in [6, 6.07) is 10.8. The molecule has 2 aromatic rings. The van der Waals surface area contributed by atoms with E-state index in [0.29, 0.717) is 5.76 Å². The molecule has 5 heteroatoms. The highest BCUT2D eigenvalue weighted by molar-refractivity contribution is 5.83. The molecule has 0 bridgehead atoms. The molecule has 0 saturated heterocycles. The van der Waals surface area contributed by atoms with Crippen LogP contribution < -0.4 is 10.1 Å². The van der Waals surface area contributed by atoms with E-state index in [4.69, 9.17) is 9.15 Å². The van der Waals surface area contributed by atoms with Gasteiger partial charge in [0, 0.05) is 5.92 Å². The zero-order chi connectivity index (χ0) is 15.5. The second kappa shape index (κ2) is 6.23. The molecule has 3 unspecified atom stereocenters. The molecule has 116 valence electrons. The maximum Gasteiger partial charge on any atom is 0.224 e. The SMILES string of the molecule is COc1cccc(C2CC2C(=O)NC(CO)c2ccco2)c1. The number of amides is 1. The van der Waals surface area contributed by atoms with Crippen LogP contribution in [0.15, 0.2) is 47.1 Å². The molecule has 1 fully saturated rings. The van der Waals surface area contributed by atoms with Crippen LogP contribution >= 0.6 is 0 Å². The maximum absolute atomic E-state index is 12.3. The summed E-state index contributed by atoms with van der Waals surface area (Å²) in [5.74, 6) is 1.47. The number of hydrogen-bond acceptors (Lipinski definition) is 4. The van der Waals surface area contributed by atoms with Crippen molar-refractivity contribution in [3.63, 3.8) is 0 Å². The van der Waals surface area contributed by atoms with E-state index in [-0.39, 0.29) is 24.3 Å². The zero-order valence-electron chi connectivity index (χ0n) is 12.4. The highest BCUT2D eigenvalue weighted by atomic mass is 16.5. The summed E-state index contributed by atoms with van der Waals surface area (Å²) in [5.41, 5.74) is 1.11. The van der Waals surface area contributed by atoms with Crippen LogP contribution in [-0.2, 0) is 4.79 Å². The molecule has 3 atom stereocenters. The van der Waals surface area contributed by atoms with Crippen LogP contribution in [0.3, 0.4) is 0 Å². The Morgan fingerprint density at radius 1 is 1.45 bits per heavy atom. The molecule has 5 nitrogen and oxygen atoms in total. The second-order valence-corrected chi connectivity index (χ2v) is 5.48. The Morgan fingerprint density at radius 2 is 2.32 bits per heavy atom. The summed E-state index contributed by atoms with van der Waals surface area (Å²) in [6.45, 7) is -0.185. The molecule has 1 aromatic heterocycles. The van der Waals surface area contributed by atoms with Gasteiger partial charge in [-0.2, -0.15) is 0 Å². The van der Waals surface area contributed by atoms with Gasteiger partial charge < -0.3 is 19.6 Å². The lowest BCUT2D eigenvalue weighted by molar-refractivity contribution is -0.123. The predicted molar refractivity (Wildman–Crippen MR) is 80.5 cm³/mol. The summed E-state index contributed by atoms with van der Waals surface area (Å²) in [4.78, 5) is 12.3. The summed E-state index contributed by atoms with van der Waals surface area (Å²) in [7, 11) is 1.63. The lowest BCUT2D eigenvalue weighted by Crippen LogP contribution is -2.32. The van der Waals surface area contributed by atoms with Crippen LogP contribution in [0.5, 0.6) is 5.75 Å². The van der Waals surface area contributed by atoms with Crippen molar-refractivity contribution in [1.29, 1.82) is 0 Å². The Labute approximate surface area is 128 Å². The second-order valence-electron chi connectivity index (χ2n) is 5.48. The Bertz CT molecular complexity index is 638. The van der Waals surface area contributed by atoms with E-state index in [2.05, 4.69) is 5.32 Å². The van der Waals surface area contributed by atoms with Gasteiger partial charge in [-0.15, -0.1) is 0 Å². The van der Waals surface area contributed by atoms with Crippen molar-refractivity contribution in [3.8, 4) is 5.75 Å². The van der Waals surface area contributed by atoms with Crippen molar-refractivity contribution in [2.24, 2.45) is 5.92 Å². The Morgan fingerprint density at radius 3 is 3.00 bits per heavy atom. The van der Waals surface area contributed by atoms with Gasteiger partial charge in [-0.1, -0.05) is 12.1 Å². The fraction of sp³-hybridized carbons (Fsp3) is 0.353. The van der Waals surface area contributed by atoms with Crippen molar-refractivity contribution < 1.29 is 19.1 Å². The van der Waals surface area contributed by atoms with Gasteiger partial charge in [0.25, 0.3) is 0 Å². The normalized spacial score (nSPS) is 21.2. The van der Waals surface area contributed by atoms with Crippen molar-refractivity contribution in [2.45, 2.75) is 18.4 Å². The molecule has 1 aromatic carbocycles. The monoisotopic (exact) mass is 301 g/mol. The highest BCUT2D eigenvalue weighted by Crippen LogP contribution is 2.48. The molecule has 1 saturated carbocycles. The summed E-state index contributed by atoms with van der Waals surface area (Å²) in [6.07, 6.45) is 2.34. The quantitative estimate of drug-likeness (QED) is 0.858. The van der Waals surface area contributed by atoms with E-state index in [0.717, 1.165) is 17.7 Å². The smallest absolute Gasteiger partial charge is 0.224 e. The number of carbonyl (C=O) groups is 1. The largest absolute Gasteiger partial charge is 0.497 e. The van der Waals surface area contributed by atoms with E-state index in [1.54, 1.807) is 19.2 Å². The van der Waals surface area contributed by atoms with E-state index < -0.39 is 6.04 Å². The van der Waals surface area contributed by atoms with Crippen LogP contribution in [0, 0.1) is 5.92 Å². The van der Waals surface area contributed by atoms with Gasteiger partial charge in [-0.3, -0.25) is 4.79 Å². The third-order valence-electron chi connectivity index (χ3n) is 4.03. The summed E-state index contributed by atoms with van der Waals surface area (Å²) < 4.78 is 10.5. The molecule has 0 radical (unpaired) electrons. The molecule has 0 aliphatic heterocycles. The summed E-state index contributed by atoms with van der Waals surface area (Å²) in [5, 5.41) is 12.3. The standard InChI is InChI=1S/C17H19NO4/c1-21-12-5-2-4-11(8-12)13-9-14(13)17(20)18-15(10-19)16-6-3-7-22-16/h2-8,13-15,19H,9-10H2,1H3,(H,18,20). The number of rotatable bonds is 6. The van der Waals surface area contributed by atoms with Gasteiger partial charge in [0.15, 0.2) is 0 Å². The third kappa shape index (κ3) is 2.99. The lowest BCUT2D eigenvalue weighted by Gasteiger charge is -2.14. The first-order chi connectivity index (χ1) is 10.7. The van der Waals surface area contributed by atoms with Crippen LogP contribution in [0.1, 0.15) is 29.7 Å². The van der Waals surface area contributed by atoms with Gasteiger partial charge in [0.05, 0.1) is 20.0 Å². The molecule has 1 heterocycles. The Hall–Kier alpha value is -2.27. The minimum absolute atomic E-state index is 0.0525. The number of carbonyl (C=O) groups excluding carboxylic acids is 1. The Kier molecular flexibility index (Phi) is 4.15. The molecule has 1 aliphatic rings. The van der Waals surface area contributed by atoms with E-state index >= 15 is 0 Å². The topological polar surface area (TPSA) is 71.7 Å². The zero-order valence-corrected chi connectivity index (χ0v) is 12.4. The summed E-state index contributed by atoms with van der Waals surface area (Å²) >= 11 is 0. The average Bonchev–Trinajstić information content (AvgIpc) is 3.19. The fourth-order valence-electron chi connectivity index (χ4n) is 2.70. The minimum atomic E-state index is -0.492. The van der Waals surface area contributed by atoms with E-state index in [9.17, 15) is 9.90 Å². The fourth-order valence-corrected chi connectivity index (χ4v) is 2.70. The molecular weight excluding hydrogens is 282 g/mol. The van der Waals surface area contributed by atoms with Gasteiger partial charge in [0.1, 0.15) is 17.6 Å². The van der Waals surface area contributed by atoms with Crippen molar-refractivity contribution >= 4 is 5.91 Å². The predicted octanol–water partition coefficient (Wildman–Crippen LogP) is 2.24. The molecular formula is C17H19NO4. The van der Waals surface area contributed by atoms with Gasteiger partial charge in [0.2, 0.25) is 5.91 Å². The molecule has 2 N–H and O–H groups in total.